The van der Waals surface area contributed by atoms with Crippen LogP contribution in [0.3, 0.4) is 0 Å². The van der Waals surface area contributed by atoms with Crippen LogP contribution in [0.15, 0.2) is 70.9 Å². The Labute approximate surface area is 223 Å². The molecule has 3 aromatic rings. The molecule has 37 heavy (non-hydrogen) atoms. The third kappa shape index (κ3) is 5.35. The summed E-state index contributed by atoms with van der Waals surface area (Å²) in [4.78, 5) is 30.4. The van der Waals surface area contributed by atoms with Gasteiger partial charge in [0.05, 0.1) is 16.9 Å². The van der Waals surface area contributed by atoms with Gasteiger partial charge >= 0.3 is 0 Å². The molecule has 9 heteroatoms. The lowest BCUT2D eigenvalue weighted by atomic mass is 9.81. The Bertz CT molecular complexity index is 1350. The highest BCUT2D eigenvalue weighted by Crippen LogP contribution is 2.45. The van der Waals surface area contributed by atoms with Crippen molar-refractivity contribution in [3.05, 3.63) is 82.0 Å². The van der Waals surface area contributed by atoms with Crippen LogP contribution >= 0.6 is 11.3 Å². The summed E-state index contributed by atoms with van der Waals surface area (Å²) in [6.45, 7) is 9.01. The number of rotatable bonds is 9. The van der Waals surface area contributed by atoms with Crippen molar-refractivity contribution in [1.29, 1.82) is 0 Å². The predicted molar refractivity (Wildman–Crippen MR) is 147 cm³/mol. The molecule has 2 amide bonds. The van der Waals surface area contributed by atoms with Gasteiger partial charge in [0.2, 0.25) is 15.9 Å². The van der Waals surface area contributed by atoms with Crippen LogP contribution in [0.1, 0.15) is 60.5 Å². The molecule has 2 heterocycles. The van der Waals surface area contributed by atoms with Gasteiger partial charge < -0.3 is 10.2 Å². The van der Waals surface area contributed by atoms with Crippen molar-refractivity contribution in [2.24, 2.45) is 5.92 Å². The molecule has 7 nitrogen and oxygen atoms in total. The van der Waals surface area contributed by atoms with E-state index in [-0.39, 0.29) is 22.6 Å². The molecule has 2 aromatic carbocycles. The van der Waals surface area contributed by atoms with E-state index < -0.39 is 22.0 Å². The van der Waals surface area contributed by atoms with Gasteiger partial charge in [-0.2, -0.15) is 4.31 Å². The number of amides is 2. The van der Waals surface area contributed by atoms with E-state index in [4.69, 9.17) is 0 Å². The lowest BCUT2D eigenvalue weighted by molar-refractivity contribution is -0.119. The van der Waals surface area contributed by atoms with Crippen molar-refractivity contribution >= 4 is 38.9 Å². The Kier molecular flexibility index (Phi) is 8.16. The molecule has 1 aromatic heterocycles. The highest BCUT2D eigenvalue weighted by molar-refractivity contribution is 7.89. The largest absolute Gasteiger partial charge is 0.329 e. The quantitative estimate of drug-likeness (QED) is 0.397. The Morgan fingerprint density at radius 1 is 1.03 bits per heavy atom. The van der Waals surface area contributed by atoms with Gasteiger partial charge in [-0.25, -0.2) is 8.42 Å². The number of hydrogen-bond acceptors (Lipinski definition) is 5. The third-order valence-electron chi connectivity index (χ3n) is 6.58. The van der Waals surface area contributed by atoms with Crippen LogP contribution in [0.25, 0.3) is 0 Å². The van der Waals surface area contributed by atoms with Crippen molar-refractivity contribution in [3.63, 3.8) is 0 Å². The molecule has 0 unspecified atom stereocenters. The molecular weight excluding hydrogens is 506 g/mol. The first-order valence-electron chi connectivity index (χ1n) is 12.5. The minimum absolute atomic E-state index is 0.0716. The summed E-state index contributed by atoms with van der Waals surface area (Å²) >= 11 is 1.53. The number of anilines is 1. The van der Waals surface area contributed by atoms with Crippen molar-refractivity contribution in [2.75, 3.05) is 25.0 Å². The topological polar surface area (TPSA) is 86.8 Å². The lowest BCUT2D eigenvalue weighted by Crippen LogP contribution is -2.47. The lowest BCUT2D eigenvalue weighted by Gasteiger charge is -2.42. The maximum Gasteiger partial charge on any atom is 0.254 e. The first-order valence-corrected chi connectivity index (χ1v) is 14.8. The number of thiophene rings is 1. The second kappa shape index (κ2) is 11.2. The maximum atomic E-state index is 13.9. The molecule has 1 N–H and O–H groups in total. The van der Waals surface area contributed by atoms with Gasteiger partial charge in [0.1, 0.15) is 0 Å². The van der Waals surface area contributed by atoms with Gasteiger partial charge in [-0.1, -0.05) is 52.0 Å². The Morgan fingerprint density at radius 3 is 2.30 bits per heavy atom. The maximum absolute atomic E-state index is 13.9. The van der Waals surface area contributed by atoms with E-state index in [1.807, 2.05) is 40.6 Å². The van der Waals surface area contributed by atoms with Gasteiger partial charge in [-0.3, -0.25) is 9.59 Å². The minimum atomic E-state index is -3.59. The predicted octanol–water partition coefficient (Wildman–Crippen LogP) is 5.35. The van der Waals surface area contributed by atoms with Gasteiger partial charge in [-0.05, 0) is 53.3 Å². The first-order chi connectivity index (χ1) is 17.7. The SMILES string of the molecule is CCN(CC)S(=O)(=O)c1ccc(NC(=O)[C@@H]2c3ccccc3C(=O)N(CC(C)C)[C@H]2c2cccs2)cc1. The molecular formula is C28H33N3O4S2. The summed E-state index contributed by atoms with van der Waals surface area (Å²) in [6.07, 6.45) is 0. The molecule has 2 atom stereocenters. The molecule has 4 rings (SSSR count). The van der Waals surface area contributed by atoms with Crippen molar-refractivity contribution in [3.8, 4) is 0 Å². The van der Waals surface area contributed by atoms with E-state index in [1.165, 1.54) is 27.8 Å². The van der Waals surface area contributed by atoms with Crippen LogP contribution in [0.5, 0.6) is 0 Å². The van der Waals surface area contributed by atoms with Gasteiger partial charge in [0, 0.05) is 35.8 Å². The van der Waals surface area contributed by atoms with E-state index in [0.717, 1.165) is 4.88 Å². The van der Waals surface area contributed by atoms with E-state index in [1.54, 1.807) is 32.0 Å². The van der Waals surface area contributed by atoms with E-state index >= 15 is 0 Å². The number of sulfonamides is 1. The fourth-order valence-corrected chi connectivity index (χ4v) is 7.22. The fraction of sp³-hybridized carbons (Fsp3) is 0.357. The summed E-state index contributed by atoms with van der Waals surface area (Å²) < 4.78 is 27.1. The van der Waals surface area contributed by atoms with E-state index in [0.29, 0.717) is 36.4 Å². The molecule has 0 radical (unpaired) electrons. The Balaban J connectivity index is 1.70. The zero-order chi connectivity index (χ0) is 26.7. The second-order valence-corrected chi connectivity index (χ2v) is 12.4. The number of fused-ring (bicyclic) bond motifs is 1. The monoisotopic (exact) mass is 539 g/mol. The normalized spacial score (nSPS) is 17.8. The summed E-state index contributed by atoms with van der Waals surface area (Å²) in [5.41, 5.74) is 1.74. The van der Waals surface area contributed by atoms with Gasteiger partial charge in [0.15, 0.2) is 0 Å². The molecule has 0 fully saturated rings. The number of carbonyl (C=O) groups excluding carboxylic acids is 2. The van der Waals surface area contributed by atoms with E-state index in [9.17, 15) is 18.0 Å². The van der Waals surface area contributed by atoms with Crippen LogP contribution in [0.4, 0.5) is 5.69 Å². The third-order valence-corrected chi connectivity index (χ3v) is 9.59. The van der Waals surface area contributed by atoms with Crippen molar-refractivity contribution in [1.82, 2.24) is 9.21 Å². The number of nitrogens with zero attached hydrogens (tertiary/aromatic N) is 2. The summed E-state index contributed by atoms with van der Waals surface area (Å²) in [5, 5.41) is 4.94. The molecule has 0 saturated carbocycles. The molecule has 196 valence electrons. The van der Waals surface area contributed by atoms with Gasteiger partial charge in [-0.15, -0.1) is 11.3 Å². The van der Waals surface area contributed by atoms with Crippen LogP contribution in [0, 0.1) is 5.92 Å². The Hall–Kier alpha value is -3.01. The summed E-state index contributed by atoms with van der Waals surface area (Å²) in [6, 6.07) is 17.0. The zero-order valence-electron chi connectivity index (χ0n) is 21.5. The van der Waals surface area contributed by atoms with Crippen LogP contribution in [0.2, 0.25) is 0 Å². The smallest absolute Gasteiger partial charge is 0.254 e. The summed E-state index contributed by atoms with van der Waals surface area (Å²) in [5.74, 6) is -0.713. The second-order valence-electron chi connectivity index (χ2n) is 9.48. The number of hydrogen-bond donors (Lipinski definition) is 1. The first kappa shape index (κ1) is 27.0. The highest BCUT2D eigenvalue weighted by atomic mass is 32.2. The Morgan fingerprint density at radius 2 is 1.70 bits per heavy atom. The van der Waals surface area contributed by atoms with Crippen molar-refractivity contribution in [2.45, 2.75) is 44.6 Å². The average Bonchev–Trinajstić information content (AvgIpc) is 3.41. The van der Waals surface area contributed by atoms with Crippen LogP contribution in [-0.2, 0) is 14.8 Å². The standard InChI is InChI=1S/C28H33N3O4S2/c1-5-30(6-2)37(34,35)21-15-13-20(14-16-21)29-27(32)25-22-10-7-8-11-23(22)28(33)31(18-19(3)4)26(25)24-12-9-17-36-24/h7-17,19,25-26H,5-6,18H2,1-4H3,(H,29,32)/t25-,26+/m1/s1. The number of nitrogens with one attached hydrogen (secondary N) is 1. The molecule has 0 aliphatic carbocycles. The number of benzene rings is 2. The van der Waals surface area contributed by atoms with Crippen molar-refractivity contribution < 1.29 is 18.0 Å². The highest BCUT2D eigenvalue weighted by Gasteiger charge is 2.44. The zero-order valence-corrected chi connectivity index (χ0v) is 23.2. The molecule has 0 bridgehead atoms. The summed E-state index contributed by atoms with van der Waals surface area (Å²) in [7, 11) is -3.59. The van der Waals surface area contributed by atoms with Gasteiger partial charge in [0.25, 0.3) is 5.91 Å². The minimum Gasteiger partial charge on any atom is -0.329 e. The van der Waals surface area contributed by atoms with E-state index in [2.05, 4.69) is 19.2 Å². The molecule has 1 aliphatic heterocycles. The molecule has 0 saturated heterocycles. The number of carbonyl (C=O) groups is 2. The fourth-order valence-electron chi connectivity index (χ4n) is 4.89. The average molecular weight is 540 g/mol. The molecule has 1 aliphatic rings. The molecule has 0 spiro atoms. The van der Waals surface area contributed by atoms with Crippen LogP contribution < -0.4 is 5.32 Å². The van der Waals surface area contributed by atoms with Crippen LogP contribution in [-0.4, -0.2) is 49.1 Å².